The number of carbonyl (C=O) groups is 1. The molecule has 108 valence electrons. The molecule has 2 unspecified atom stereocenters. The molecule has 0 saturated heterocycles. The fraction of sp³-hybridized carbons (Fsp3) is 0.588. The first kappa shape index (κ1) is 14.1. The Morgan fingerprint density at radius 2 is 2.20 bits per heavy atom. The zero-order valence-corrected chi connectivity index (χ0v) is 13.7. The fourth-order valence-corrected chi connectivity index (χ4v) is 4.00. The summed E-state index contributed by atoms with van der Waals surface area (Å²) in [6, 6.07) is 5.72. The number of benzene rings is 1. The Morgan fingerprint density at radius 1 is 1.40 bits per heavy atom. The van der Waals surface area contributed by atoms with Crippen molar-refractivity contribution in [1.29, 1.82) is 0 Å². The number of ketones is 1. The average Bonchev–Trinajstić information content (AvgIpc) is 2.37. The number of ether oxygens (including phenoxy) is 1. The van der Waals surface area contributed by atoms with Gasteiger partial charge in [-0.2, -0.15) is 0 Å². The van der Waals surface area contributed by atoms with Crippen molar-refractivity contribution in [3.8, 4) is 5.75 Å². The minimum Gasteiger partial charge on any atom is -0.486 e. The fourth-order valence-electron chi connectivity index (χ4n) is 3.66. The molecule has 1 spiro atoms. The Bertz CT molecular complexity index is 538. The largest absolute Gasteiger partial charge is 0.486 e. The molecule has 1 aliphatic carbocycles. The van der Waals surface area contributed by atoms with Crippen LogP contribution in [-0.4, -0.2) is 11.4 Å². The van der Waals surface area contributed by atoms with Gasteiger partial charge in [0.2, 0.25) is 0 Å². The highest BCUT2D eigenvalue weighted by molar-refractivity contribution is 9.10. The summed E-state index contributed by atoms with van der Waals surface area (Å²) in [6.45, 7) is 4.55. The lowest BCUT2D eigenvalue weighted by Gasteiger charge is -2.44. The van der Waals surface area contributed by atoms with Crippen molar-refractivity contribution in [2.24, 2.45) is 11.8 Å². The second-order valence-electron chi connectivity index (χ2n) is 6.63. The van der Waals surface area contributed by atoms with Gasteiger partial charge >= 0.3 is 0 Å². The highest BCUT2D eigenvalue weighted by Gasteiger charge is 2.44. The maximum Gasteiger partial charge on any atom is 0.170 e. The molecule has 1 aromatic carbocycles. The summed E-state index contributed by atoms with van der Waals surface area (Å²) in [5.41, 5.74) is 0.489. The average molecular weight is 337 g/mol. The van der Waals surface area contributed by atoms with Gasteiger partial charge in [-0.3, -0.25) is 4.79 Å². The highest BCUT2D eigenvalue weighted by atomic mass is 79.9. The Labute approximate surface area is 129 Å². The maximum atomic E-state index is 12.5. The van der Waals surface area contributed by atoms with Crippen molar-refractivity contribution in [3.05, 3.63) is 28.2 Å². The van der Waals surface area contributed by atoms with Gasteiger partial charge in [-0.1, -0.05) is 29.8 Å². The third-order valence-electron chi connectivity index (χ3n) is 4.84. The molecule has 0 aromatic heterocycles. The molecule has 2 aliphatic rings. The predicted octanol–water partition coefficient (Wildman–Crippen LogP) is 5.00. The molecule has 0 N–H and O–H groups in total. The third-order valence-corrected chi connectivity index (χ3v) is 5.33. The topological polar surface area (TPSA) is 26.3 Å². The maximum absolute atomic E-state index is 12.5. The monoisotopic (exact) mass is 336 g/mol. The van der Waals surface area contributed by atoms with Crippen LogP contribution in [0.15, 0.2) is 22.7 Å². The first-order valence-electron chi connectivity index (χ1n) is 7.51. The molecule has 1 heterocycles. The zero-order chi connectivity index (χ0) is 14.3. The molecule has 3 rings (SSSR count). The van der Waals surface area contributed by atoms with Crippen molar-refractivity contribution in [1.82, 2.24) is 0 Å². The van der Waals surface area contributed by atoms with Crippen LogP contribution in [0.1, 0.15) is 56.3 Å². The summed E-state index contributed by atoms with van der Waals surface area (Å²) in [4.78, 5) is 12.5. The minimum absolute atomic E-state index is 0.239. The summed E-state index contributed by atoms with van der Waals surface area (Å²) < 4.78 is 7.31. The summed E-state index contributed by atoms with van der Waals surface area (Å²) in [5.74, 6) is 2.34. The SMILES string of the molecule is CC(C)C1CCCC2(CC(=O)c3ccc(Br)cc3O2)C1. The molecule has 0 bridgehead atoms. The van der Waals surface area contributed by atoms with Gasteiger partial charge in [0, 0.05) is 4.47 Å². The van der Waals surface area contributed by atoms with Crippen LogP contribution in [0, 0.1) is 11.8 Å². The number of hydrogen-bond donors (Lipinski definition) is 0. The van der Waals surface area contributed by atoms with Crippen LogP contribution in [0.5, 0.6) is 5.75 Å². The molecule has 2 atom stereocenters. The van der Waals surface area contributed by atoms with Gasteiger partial charge in [0.1, 0.15) is 11.4 Å². The van der Waals surface area contributed by atoms with E-state index in [0.29, 0.717) is 18.3 Å². The Kier molecular flexibility index (Phi) is 3.65. The summed E-state index contributed by atoms with van der Waals surface area (Å²) >= 11 is 3.47. The van der Waals surface area contributed by atoms with Crippen LogP contribution in [0.3, 0.4) is 0 Å². The number of halogens is 1. The third kappa shape index (κ3) is 2.52. The van der Waals surface area contributed by atoms with Crippen LogP contribution >= 0.6 is 15.9 Å². The van der Waals surface area contributed by atoms with Gasteiger partial charge in [0.25, 0.3) is 0 Å². The predicted molar refractivity (Wildman–Crippen MR) is 83.2 cm³/mol. The summed E-state index contributed by atoms with van der Waals surface area (Å²) in [6.07, 6.45) is 5.00. The Morgan fingerprint density at radius 3 is 2.95 bits per heavy atom. The van der Waals surface area contributed by atoms with Crippen LogP contribution in [0.2, 0.25) is 0 Å². The van der Waals surface area contributed by atoms with Crippen LogP contribution < -0.4 is 4.74 Å². The standard InChI is InChI=1S/C17H21BrO2/c1-11(2)12-4-3-7-17(9-12)10-15(19)14-6-5-13(18)8-16(14)20-17/h5-6,8,11-12H,3-4,7,9-10H2,1-2H3. The van der Waals surface area contributed by atoms with Crippen LogP contribution in [0.4, 0.5) is 0 Å². The van der Waals surface area contributed by atoms with Gasteiger partial charge < -0.3 is 4.74 Å². The van der Waals surface area contributed by atoms with Gasteiger partial charge in [0.05, 0.1) is 12.0 Å². The van der Waals surface area contributed by atoms with Crippen molar-refractivity contribution in [2.45, 2.75) is 51.6 Å². The van der Waals surface area contributed by atoms with Crippen molar-refractivity contribution >= 4 is 21.7 Å². The van der Waals surface area contributed by atoms with Gasteiger partial charge in [-0.05, 0) is 55.7 Å². The molecule has 1 saturated carbocycles. The van der Waals surface area contributed by atoms with Gasteiger partial charge in [-0.25, -0.2) is 0 Å². The summed E-state index contributed by atoms with van der Waals surface area (Å²) in [5, 5.41) is 0. The van der Waals surface area contributed by atoms with Crippen LogP contribution in [-0.2, 0) is 0 Å². The molecule has 0 radical (unpaired) electrons. The van der Waals surface area contributed by atoms with Gasteiger partial charge in [0.15, 0.2) is 5.78 Å². The van der Waals surface area contributed by atoms with Crippen molar-refractivity contribution < 1.29 is 9.53 Å². The lowest BCUT2D eigenvalue weighted by molar-refractivity contribution is -0.0116. The van der Waals surface area contributed by atoms with Crippen molar-refractivity contribution in [2.75, 3.05) is 0 Å². The molecular formula is C17H21BrO2. The second-order valence-corrected chi connectivity index (χ2v) is 7.54. The molecule has 1 fully saturated rings. The minimum atomic E-state index is -0.252. The van der Waals surface area contributed by atoms with E-state index in [4.69, 9.17) is 4.74 Å². The number of carbonyl (C=O) groups excluding carboxylic acids is 1. The van der Waals surface area contributed by atoms with E-state index in [1.807, 2.05) is 18.2 Å². The van der Waals surface area contributed by atoms with E-state index in [2.05, 4.69) is 29.8 Å². The Balaban J connectivity index is 1.91. The lowest BCUT2D eigenvalue weighted by Crippen LogP contribution is -2.46. The molecular weight excluding hydrogens is 316 g/mol. The quantitative estimate of drug-likeness (QED) is 0.721. The van der Waals surface area contributed by atoms with E-state index in [1.165, 1.54) is 12.8 Å². The lowest BCUT2D eigenvalue weighted by atomic mass is 9.70. The first-order valence-corrected chi connectivity index (χ1v) is 8.30. The number of fused-ring (bicyclic) bond motifs is 1. The van der Waals surface area contributed by atoms with E-state index in [-0.39, 0.29) is 11.4 Å². The molecule has 0 amide bonds. The van der Waals surface area contributed by atoms with E-state index in [9.17, 15) is 4.79 Å². The number of Topliss-reactive ketones (excluding diaryl/α,β-unsaturated/α-hetero) is 1. The molecule has 3 heteroatoms. The van der Waals surface area contributed by atoms with E-state index in [0.717, 1.165) is 28.6 Å². The number of rotatable bonds is 1. The van der Waals surface area contributed by atoms with Gasteiger partial charge in [-0.15, -0.1) is 0 Å². The van der Waals surface area contributed by atoms with E-state index >= 15 is 0 Å². The molecule has 1 aliphatic heterocycles. The molecule has 20 heavy (non-hydrogen) atoms. The highest BCUT2D eigenvalue weighted by Crippen LogP contribution is 2.45. The molecule has 1 aromatic rings. The van der Waals surface area contributed by atoms with E-state index < -0.39 is 0 Å². The normalized spacial score (nSPS) is 29.4. The van der Waals surface area contributed by atoms with Crippen molar-refractivity contribution in [3.63, 3.8) is 0 Å². The first-order chi connectivity index (χ1) is 9.49. The zero-order valence-electron chi connectivity index (χ0n) is 12.1. The summed E-state index contributed by atoms with van der Waals surface area (Å²) in [7, 11) is 0. The van der Waals surface area contributed by atoms with Crippen LogP contribution in [0.25, 0.3) is 0 Å². The molecule has 2 nitrogen and oxygen atoms in total. The Hall–Kier alpha value is -0.830. The number of hydrogen-bond acceptors (Lipinski definition) is 2. The second kappa shape index (κ2) is 5.18. The smallest absolute Gasteiger partial charge is 0.170 e. The van der Waals surface area contributed by atoms with E-state index in [1.54, 1.807) is 0 Å².